The van der Waals surface area contributed by atoms with E-state index in [4.69, 9.17) is 11.6 Å². The normalized spacial score (nSPS) is 11.9. The number of nitrogens with zero attached hydrogens (tertiary/aromatic N) is 1. The Morgan fingerprint density at radius 1 is 1.10 bits per heavy atom. The van der Waals surface area contributed by atoms with Crippen molar-refractivity contribution in [2.24, 2.45) is 0 Å². The Kier molecular flexibility index (Phi) is 4.10. The van der Waals surface area contributed by atoms with Crippen LogP contribution in [0.15, 0.2) is 48.5 Å². The van der Waals surface area contributed by atoms with Crippen LogP contribution in [0.3, 0.4) is 0 Å². The molecule has 6 heteroatoms. The van der Waals surface area contributed by atoms with Gasteiger partial charge in [0.05, 0.1) is 4.92 Å². The first-order valence-electron chi connectivity index (χ1n) is 5.67. The lowest BCUT2D eigenvalue weighted by atomic mass is 10.0. The van der Waals surface area contributed by atoms with Crippen LogP contribution in [0.4, 0.5) is 10.1 Å². The Hall–Kier alpha value is -2.27. The van der Waals surface area contributed by atoms with E-state index in [9.17, 15) is 19.3 Å². The van der Waals surface area contributed by atoms with Crippen molar-refractivity contribution in [1.82, 2.24) is 0 Å². The average Bonchev–Trinajstić information content (AvgIpc) is 2.46. The lowest BCUT2D eigenvalue weighted by molar-refractivity contribution is -0.384. The van der Waals surface area contributed by atoms with Crippen LogP contribution in [0.25, 0.3) is 0 Å². The third kappa shape index (κ3) is 3.00. The SMILES string of the molecule is O=C(c1ccc([N+](=O)[O-])cc1)C(Cl)c1ccc(F)cc1. The summed E-state index contributed by atoms with van der Waals surface area (Å²) in [4.78, 5) is 22.1. The number of hydrogen-bond donors (Lipinski definition) is 0. The summed E-state index contributed by atoms with van der Waals surface area (Å²) < 4.78 is 12.8. The number of ketones is 1. The van der Waals surface area contributed by atoms with Crippen LogP contribution in [0.1, 0.15) is 21.3 Å². The zero-order chi connectivity index (χ0) is 14.7. The van der Waals surface area contributed by atoms with Crippen LogP contribution < -0.4 is 0 Å². The Morgan fingerprint density at radius 2 is 1.65 bits per heavy atom. The second-order valence-corrected chi connectivity index (χ2v) is 4.52. The maximum atomic E-state index is 12.8. The fourth-order valence-corrected chi connectivity index (χ4v) is 1.95. The summed E-state index contributed by atoms with van der Waals surface area (Å²) in [7, 11) is 0. The molecule has 4 nitrogen and oxygen atoms in total. The second kappa shape index (κ2) is 5.79. The van der Waals surface area contributed by atoms with E-state index < -0.39 is 21.9 Å². The monoisotopic (exact) mass is 293 g/mol. The van der Waals surface area contributed by atoms with Gasteiger partial charge in [0.1, 0.15) is 11.2 Å². The lowest BCUT2D eigenvalue weighted by Gasteiger charge is -2.08. The molecule has 0 fully saturated rings. The third-order valence-corrected chi connectivity index (χ3v) is 3.21. The van der Waals surface area contributed by atoms with Crippen LogP contribution in [-0.2, 0) is 0 Å². The van der Waals surface area contributed by atoms with Gasteiger partial charge in [0, 0.05) is 17.7 Å². The summed E-state index contributed by atoms with van der Waals surface area (Å²) in [5.41, 5.74) is 0.630. The molecule has 1 atom stereocenters. The molecule has 0 aromatic heterocycles. The molecule has 2 aromatic carbocycles. The zero-order valence-corrected chi connectivity index (χ0v) is 10.9. The van der Waals surface area contributed by atoms with E-state index in [1.54, 1.807) is 0 Å². The van der Waals surface area contributed by atoms with E-state index in [1.807, 2.05) is 0 Å². The molecule has 0 aliphatic heterocycles. The van der Waals surface area contributed by atoms with Crippen LogP contribution >= 0.6 is 11.6 Å². The fraction of sp³-hybridized carbons (Fsp3) is 0.0714. The van der Waals surface area contributed by atoms with Gasteiger partial charge in [0.2, 0.25) is 0 Å². The average molecular weight is 294 g/mol. The topological polar surface area (TPSA) is 60.2 Å². The van der Waals surface area contributed by atoms with Crippen molar-refractivity contribution in [2.45, 2.75) is 5.38 Å². The molecule has 2 rings (SSSR count). The largest absolute Gasteiger partial charge is 0.292 e. The quantitative estimate of drug-likeness (QED) is 0.372. The van der Waals surface area contributed by atoms with Crippen LogP contribution in [0.2, 0.25) is 0 Å². The van der Waals surface area contributed by atoms with E-state index in [1.165, 1.54) is 48.5 Å². The van der Waals surface area contributed by atoms with Crippen molar-refractivity contribution in [3.8, 4) is 0 Å². The van der Waals surface area contributed by atoms with E-state index in [0.717, 1.165) is 0 Å². The Bertz CT molecular complexity index is 640. The van der Waals surface area contributed by atoms with Crippen LogP contribution in [0, 0.1) is 15.9 Å². The number of hydrogen-bond acceptors (Lipinski definition) is 3. The van der Waals surface area contributed by atoms with E-state index >= 15 is 0 Å². The molecular weight excluding hydrogens is 285 g/mol. The first-order chi connectivity index (χ1) is 9.49. The number of nitro groups is 1. The molecule has 0 heterocycles. The number of non-ortho nitro benzene ring substituents is 1. The number of halogens is 2. The Labute approximate surface area is 119 Å². The number of benzene rings is 2. The van der Waals surface area contributed by atoms with Gasteiger partial charge < -0.3 is 0 Å². The van der Waals surface area contributed by atoms with Gasteiger partial charge in [-0.05, 0) is 29.8 Å². The van der Waals surface area contributed by atoms with Gasteiger partial charge in [-0.3, -0.25) is 14.9 Å². The number of alkyl halides is 1. The standard InChI is InChI=1S/C14H9ClFNO3/c15-13(9-1-5-11(16)6-2-9)14(18)10-3-7-12(8-4-10)17(19)20/h1-8,13H. The highest BCUT2D eigenvalue weighted by molar-refractivity contribution is 6.33. The minimum absolute atomic E-state index is 0.102. The minimum Gasteiger partial charge on any atom is -0.292 e. The van der Waals surface area contributed by atoms with E-state index in [2.05, 4.69) is 0 Å². The summed E-state index contributed by atoms with van der Waals surface area (Å²) in [6, 6.07) is 10.5. The molecule has 0 amide bonds. The maximum Gasteiger partial charge on any atom is 0.269 e. The molecule has 0 radical (unpaired) electrons. The number of Topliss-reactive ketones (excluding diaryl/α,β-unsaturated/α-hetero) is 1. The minimum atomic E-state index is -0.961. The maximum absolute atomic E-state index is 12.8. The zero-order valence-electron chi connectivity index (χ0n) is 10.1. The number of nitro benzene ring substituents is 1. The fourth-order valence-electron chi connectivity index (χ4n) is 1.68. The van der Waals surface area contributed by atoms with Crippen molar-refractivity contribution >= 4 is 23.1 Å². The summed E-state index contributed by atoms with van der Waals surface area (Å²) in [6.45, 7) is 0. The predicted molar refractivity (Wildman–Crippen MR) is 72.4 cm³/mol. The van der Waals surface area contributed by atoms with Gasteiger partial charge in [-0.1, -0.05) is 12.1 Å². The van der Waals surface area contributed by atoms with Crippen molar-refractivity contribution in [2.75, 3.05) is 0 Å². The van der Waals surface area contributed by atoms with Gasteiger partial charge in [0.25, 0.3) is 5.69 Å². The summed E-state index contributed by atoms with van der Waals surface area (Å²) in [6.07, 6.45) is 0. The molecule has 20 heavy (non-hydrogen) atoms. The molecule has 0 bridgehead atoms. The smallest absolute Gasteiger partial charge is 0.269 e. The number of carbonyl (C=O) groups is 1. The van der Waals surface area contributed by atoms with Gasteiger partial charge in [0.15, 0.2) is 5.78 Å². The third-order valence-electron chi connectivity index (χ3n) is 2.76. The van der Waals surface area contributed by atoms with Gasteiger partial charge >= 0.3 is 0 Å². The van der Waals surface area contributed by atoms with E-state index in [0.29, 0.717) is 5.56 Å². The van der Waals surface area contributed by atoms with Gasteiger partial charge in [-0.2, -0.15) is 0 Å². The van der Waals surface area contributed by atoms with Crippen molar-refractivity contribution < 1.29 is 14.1 Å². The Morgan fingerprint density at radius 3 is 2.15 bits per heavy atom. The van der Waals surface area contributed by atoms with Gasteiger partial charge in [-0.25, -0.2) is 4.39 Å². The lowest BCUT2D eigenvalue weighted by Crippen LogP contribution is -2.07. The molecule has 0 aliphatic carbocycles. The molecular formula is C14H9ClFNO3. The molecule has 1 unspecified atom stereocenters. The highest BCUT2D eigenvalue weighted by atomic mass is 35.5. The molecule has 0 N–H and O–H groups in total. The molecule has 0 aliphatic rings. The van der Waals surface area contributed by atoms with E-state index in [-0.39, 0.29) is 11.3 Å². The van der Waals surface area contributed by atoms with Crippen LogP contribution in [0.5, 0.6) is 0 Å². The molecule has 102 valence electrons. The van der Waals surface area contributed by atoms with Crippen molar-refractivity contribution in [3.63, 3.8) is 0 Å². The molecule has 0 saturated carbocycles. The van der Waals surface area contributed by atoms with Gasteiger partial charge in [-0.15, -0.1) is 11.6 Å². The summed E-state index contributed by atoms with van der Waals surface area (Å²) in [5.74, 6) is -0.812. The summed E-state index contributed by atoms with van der Waals surface area (Å²) >= 11 is 6.04. The summed E-state index contributed by atoms with van der Waals surface area (Å²) in [5, 5.41) is 9.57. The number of rotatable bonds is 4. The first kappa shape index (κ1) is 14.1. The molecule has 0 spiro atoms. The van der Waals surface area contributed by atoms with Crippen molar-refractivity contribution in [1.29, 1.82) is 0 Å². The predicted octanol–water partition coefficient (Wildman–Crippen LogP) is 3.90. The Balaban J connectivity index is 2.22. The highest BCUT2D eigenvalue weighted by Gasteiger charge is 2.20. The number of carbonyl (C=O) groups excluding carboxylic acids is 1. The molecule has 2 aromatic rings. The first-order valence-corrected chi connectivity index (χ1v) is 6.11. The second-order valence-electron chi connectivity index (χ2n) is 4.08. The highest BCUT2D eigenvalue weighted by Crippen LogP contribution is 2.26. The van der Waals surface area contributed by atoms with Crippen LogP contribution in [-0.4, -0.2) is 10.7 Å². The molecule has 0 saturated heterocycles. The van der Waals surface area contributed by atoms with Crippen molar-refractivity contribution in [3.05, 3.63) is 75.6 Å².